The maximum absolute atomic E-state index is 12.2. The minimum absolute atomic E-state index is 0.193. The zero-order chi connectivity index (χ0) is 13.6. The standard InChI is InChI=1S/C11H18NO5P/c1-3-16-18(15,17-4-2)9-11(14)12-8-6-5-7-10(12)13/h5,7H,3-4,6,8-9H2,1-2H3. The molecule has 2 amide bonds. The first kappa shape index (κ1) is 15.1. The molecule has 0 saturated carbocycles. The molecule has 0 unspecified atom stereocenters. The van der Waals surface area contributed by atoms with Crippen LogP contribution in [0.5, 0.6) is 0 Å². The Morgan fingerprint density at radius 3 is 2.50 bits per heavy atom. The van der Waals surface area contributed by atoms with Crippen LogP contribution in [0.15, 0.2) is 12.2 Å². The maximum Gasteiger partial charge on any atom is 0.340 e. The van der Waals surface area contributed by atoms with Gasteiger partial charge in [-0.1, -0.05) is 6.08 Å². The topological polar surface area (TPSA) is 72.9 Å². The van der Waals surface area contributed by atoms with Gasteiger partial charge < -0.3 is 9.05 Å². The summed E-state index contributed by atoms with van der Waals surface area (Å²) >= 11 is 0. The van der Waals surface area contributed by atoms with Crippen LogP contribution < -0.4 is 0 Å². The van der Waals surface area contributed by atoms with Gasteiger partial charge in [0.1, 0.15) is 6.16 Å². The van der Waals surface area contributed by atoms with E-state index in [0.717, 1.165) is 4.90 Å². The average molecular weight is 275 g/mol. The van der Waals surface area contributed by atoms with Crippen molar-refractivity contribution in [3.05, 3.63) is 12.2 Å². The highest BCUT2D eigenvalue weighted by Gasteiger charge is 2.32. The summed E-state index contributed by atoms with van der Waals surface area (Å²) in [6.07, 6.45) is 3.27. The molecule has 0 N–H and O–H groups in total. The van der Waals surface area contributed by atoms with Gasteiger partial charge in [0.2, 0.25) is 5.91 Å². The van der Waals surface area contributed by atoms with Crippen molar-refractivity contribution in [1.82, 2.24) is 4.90 Å². The molecule has 0 aromatic heterocycles. The molecule has 0 aromatic rings. The molecule has 102 valence electrons. The van der Waals surface area contributed by atoms with Gasteiger partial charge in [-0.05, 0) is 26.3 Å². The lowest BCUT2D eigenvalue weighted by atomic mass is 10.2. The molecule has 0 bridgehead atoms. The van der Waals surface area contributed by atoms with Crippen molar-refractivity contribution in [1.29, 1.82) is 0 Å². The molecule has 0 radical (unpaired) electrons. The number of rotatable bonds is 6. The number of imide groups is 1. The van der Waals surface area contributed by atoms with Gasteiger partial charge >= 0.3 is 7.60 Å². The largest absolute Gasteiger partial charge is 0.340 e. The first-order valence-corrected chi connectivity index (χ1v) is 7.64. The highest BCUT2D eigenvalue weighted by atomic mass is 31.2. The summed E-state index contributed by atoms with van der Waals surface area (Å²) in [5, 5.41) is 0. The highest BCUT2D eigenvalue weighted by molar-refractivity contribution is 7.54. The summed E-state index contributed by atoms with van der Waals surface area (Å²) in [5.41, 5.74) is 0. The van der Waals surface area contributed by atoms with Crippen molar-refractivity contribution in [2.45, 2.75) is 20.3 Å². The third-order valence-electron chi connectivity index (χ3n) is 2.33. The van der Waals surface area contributed by atoms with Crippen molar-refractivity contribution in [2.24, 2.45) is 0 Å². The zero-order valence-corrected chi connectivity index (χ0v) is 11.5. The Labute approximate surface area is 106 Å². The molecule has 18 heavy (non-hydrogen) atoms. The number of carbonyl (C=O) groups is 2. The van der Waals surface area contributed by atoms with E-state index < -0.39 is 19.7 Å². The van der Waals surface area contributed by atoms with E-state index in [1.807, 2.05) is 0 Å². The average Bonchev–Trinajstić information content (AvgIpc) is 2.29. The summed E-state index contributed by atoms with van der Waals surface area (Å²) in [7, 11) is -3.44. The molecular formula is C11H18NO5P. The summed E-state index contributed by atoms with van der Waals surface area (Å²) < 4.78 is 22.2. The van der Waals surface area contributed by atoms with Crippen molar-refractivity contribution < 1.29 is 23.2 Å². The summed E-state index contributed by atoms with van der Waals surface area (Å²) in [6, 6.07) is 0. The number of hydrogen-bond acceptors (Lipinski definition) is 5. The number of carbonyl (C=O) groups excluding carboxylic acids is 2. The molecule has 1 rings (SSSR count). The highest BCUT2D eigenvalue weighted by Crippen LogP contribution is 2.48. The van der Waals surface area contributed by atoms with Gasteiger partial charge in [0.25, 0.3) is 5.91 Å². The molecule has 6 nitrogen and oxygen atoms in total. The fraction of sp³-hybridized carbons (Fsp3) is 0.636. The number of amides is 2. The van der Waals surface area contributed by atoms with Gasteiger partial charge in [-0.15, -0.1) is 0 Å². The maximum atomic E-state index is 12.2. The van der Waals surface area contributed by atoms with Crippen molar-refractivity contribution in [3.8, 4) is 0 Å². The van der Waals surface area contributed by atoms with Crippen molar-refractivity contribution in [2.75, 3.05) is 25.9 Å². The fourth-order valence-corrected chi connectivity index (χ4v) is 3.15. The van der Waals surface area contributed by atoms with E-state index in [1.165, 1.54) is 6.08 Å². The second-order valence-electron chi connectivity index (χ2n) is 3.68. The monoisotopic (exact) mass is 275 g/mol. The molecule has 0 spiro atoms. The van der Waals surface area contributed by atoms with Crippen LogP contribution in [-0.4, -0.2) is 42.6 Å². The van der Waals surface area contributed by atoms with Crippen molar-refractivity contribution >= 4 is 19.4 Å². The third-order valence-corrected chi connectivity index (χ3v) is 4.29. The Kier molecular flexibility index (Phi) is 5.72. The van der Waals surface area contributed by atoms with E-state index in [1.54, 1.807) is 19.9 Å². The normalized spacial score (nSPS) is 16.1. The Bertz CT molecular complexity index is 383. The first-order valence-electron chi connectivity index (χ1n) is 5.91. The Hall–Kier alpha value is -0.970. The molecular weight excluding hydrogens is 257 g/mol. The molecule has 1 heterocycles. The van der Waals surface area contributed by atoms with Gasteiger partial charge in [0, 0.05) is 6.54 Å². The molecule has 0 saturated heterocycles. The van der Waals surface area contributed by atoms with E-state index in [-0.39, 0.29) is 19.1 Å². The quantitative estimate of drug-likeness (QED) is 0.688. The summed E-state index contributed by atoms with van der Waals surface area (Å²) in [6.45, 7) is 4.04. The van der Waals surface area contributed by atoms with Gasteiger partial charge in [-0.2, -0.15) is 0 Å². The SMILES string of the molecule is CCOP(=O)(CC(=O)N1CCC=CC1=O)OCC. The molecule has 0 aliphatic carbocycles. The molecule has 1 aliphatic rings. The van der Waals surface area contributed by atoms with E-state index in [9.17, 15) is 14.2 Å². The van der Waals surface area contributed by atoms with Gasteiger partial charge in [0.05, 0.1) is 13.2 Å². The van der Waals surface area contributed by atoms with Crippen LogP contribution in [0.2, 0.25) is 0 Å². The Morgan fingerprint density at radius 1 is 1.39 bits per heavy atom. The van der Waals surface area contributed by atoms with Crippen LogP contribution in [-0.2, 0) is 23.2 Å². The van der Waals surface area contributed by atoms with Gasteiger partial charge in [-0.3, -0.25) is 19.1 Å². The predicted molar refractivity (Wildman–Crippen MR) is 66.2 cm³/mol. The van der Waals surface area contributed by atoms with Crippen LogP contribution in [0.3, 0.4) is 0 Å². The van der Waals surface area contributed by atoms with E-state index in [2.05, 4.69) is 0 Å². The minimum atomic E-state index is -3.44. The Balaban J connectivity index is 2.69. The molecule has 1 aliphatic heterocycles. The molecule has 0 aromatic carbocycles. The Morgan fingerprint density at radius 2 is 2.00 bits per heavy atom. The van der Waals surface area contributed by atoms with Crippen LogP contribution in [0.1, 0.15) is 20.3 Å². The predicted octanol–water partition coefficient (Wildman–Crippen LogP) is 1.57. The minimum Gasteiger partial charge on any atom is -0.309 e. The fourth-order valence-electron chi connectivity index (χ4n) is 1.61. The smallest absolute Gasteiger partial charge is 0.309 e. The van der Waals surface area contributed by atoms with Crippen LogP contribution in [0.4, 0.5) is 0 Å². The first-order chi connectivity index (χ1) is 8.52. The van der Waals surface area contributed by atoms with E-state index >= 15 is 0 Å². The van der Waals surface area contributed by atoms with Crippen LogP contribution in [0.25, 0.3) is 0 Å². The lowest BCUT2D eigenvalue weighted by Gasteiger charge is -2.23. The lowest BCUT2D eigenvalue weighted by molar-refractivity contribution is -0.140. The second kappa shape index (κ2) is 6.83. The van der Waals surface area contributed by atoms with E-state index in [4.69, 9.17) is 9.05 Å². The zero-order valence-electron chi connectivity index (χ0n) is 10.6. The van der Waals surface area contributed by atoms with E-state index in [0.29, 0.717) is 13.0 Å². The van der Waals surface area contributed by atoms with Gasteiger partial charge in [0.15, 0.2) is 0 Å². The number of nitrogens with zero attached hydrogens (tertiary/aromatic N) is 1. The third kappa shape index (κ3) is 4.05. The van der Waals surface area contributed by atoms with Crippen LogP contribution >= 0.6 is 7.60 Å². The van der Waals surface area contributed by atoms with Crippen molar-refractivity contribution in [3.63, 3.8) is 0 Å². The number of hydrogen-bond donors (Lipinski definition) is 0. The summed E-state index contributed by atoms with van der Waals surface area (Å²) in [4.78, 5) is 24.5. The van der Waals surface area contributed by atoms with Crippen LogP contribution in [0, 0.1) is 0 Å². The van der Waals surface area contributed by atoms with Gasteiger partial charge in [-0.25, -0.2) is 0 Å². The second-order valence-corrected chi connectivity index (χ2v) is 5.73. The molecule has 0 atom stereocenters. The molecule has 7 heteroatoms. The summed E-state index contributed by atoms with van der Waals surface area (Å²) in [5.74, 6) is -0.902. The molecule has 0 fully saturated rings. The lowest BCUT2D eigenvalue weighted by Crippen LogP contribution is -2.40.